The number of phenolic OH excluding ortho intramolecular Hbond substituents is 1. The van der Waals surface area contributed by atoms with Crippen LogP contribution >= 0.6 is 23.2 Å². The van der Waals surface area contributed by atoms with Crippen molar-refractivity contribution in [3.8, 4) is 5.75 Å². The first-order valence-corrected chi connectivity index (χ1v) is 8.65. The molecule has 1 aliphatic rings. The fourth-order valence-corrected chi connectivity index (χ4v) is 2.36. The molecule has 0 aliphatic carbocycles. The number of rotatable bonds is 2. The molecule has 0 spiro atoms. The first-order chi connectivity index (χ1) is 11.5. The molecule has 3 rings (SSSR count). The van der Waals surface area contributed by atoms with E-state index in [2.05, 4.69) is 17.1 Å². The van der Waals surface area contributed by atoms with Crippen LogP contribution in [0.1, 0.15) is 32.6 Å². The standard InChI is InChI=1S/C8H15NO.C6H4Cl2O.C3H4N2/c1-2-6-9-7-4-3-5-8(9)10;7-5-2-1-4(9)3-6(5)8;1-2-4-5-3-1/h2-7H2,1H3;1-3,9H;1-3H,(H,4,5). The van der Waals surface area contributed by atoms with Crippen molar-refractivity contribution in [3.63, 3.8) is 0 Å². The van der Waals surface area contributed by atoms with Crippen molar-refractivity contribution in [1.82, 2.24) is 15.1 Å². The van der Waals surface area contributed by atoms with Crippen LogP contribution in [-0.4, -0.2) is 39.2 Å². The summed E-state index contributed by atoms with van der Waals surface area (Å²) >= 11 is 11.1. The molecule has 2 aromatic rings. The van der Waals surface area contributed by atoms with E-state index in [1.165, 1.54) is 18.6 Å². The summed E-state index contributed by atoms with van der Waals surface area (Å²) in [7, 11) is 0. The number of piperidine rings is 1. The van der Waals surface area contributed by atoms with Gasteiger partial charge in [0.1, 0.15) is 5.75 Å². The lowest BCUT2D eigenvalue weighted by Gasteiger charge is -2.25. The van der Waals surface area contributed by atoms with E-state index in [1.54, 1.807) is 18.5 Å². The third-order valence-corrected chi connectivity index (χ3v) is 3.96. The van der Waals surface area contributed by atoms with E-state index in [0.717, 1.165) is 32.4 Å². The number of likely N-dealkylation sites (tertiary alicyclic amines) is 1. The fraction of sp³-hybridized carbons (Fsp3) is 0.412. The molecule has 5 nitrogen and oxygen atoms in total. The Kier molecular flexibility index (Phi) is 9.96. The maximum atomic E-state index is 11.1. The number of phenols is 1. The molecule has 0 unspecified atom stereocenters. The summed E-state index contributed by atoms with van der Waals surface area (Å²) in [6.45, 7) is 4.06. The highest BCUT2D eigenvalue weighted by Crippen LogP contribution is 2.25. The average molecular weight is 372 g/mol. The number of hydrogen-bond donors (Lipinski definition) is 2. The Morgan fingerprint density at radius 1 is 1.29 bits per heavy atom. The number of nitrogens with zero attached hydrogens (tertiary/aromatic N) is 2. The minimum Gasteiger partial charge on any atom is -0.508 e. The van der Waals surface area contributed by atoms with Gasteiger partial charge in [0.05, 0.1) is 10.0 Å². The normalized spacial score (nSPS) is 13.5. The second-order valence-corrected chi connectivity index (χ2v) is 6.02. The summed E-state index contributed by atoms with van der Waals surface area (Å²) < 4.78 is 0. The SMILES string of the molecule is CCCN1CCCCC1=O.Oc1ccc(Cl)c(Cl)c1.c1cn[nH]c1. The van der Waals surface area contributed by atoms with Crippen LogP contribution in [0.5, 0.6) is 5.75 Å². The Morgan fingerprint density at radius 3 is 2.54 bits per heavy atom. The zero-order chi connectivity index (χ0) is 17.8. The molecule has 0 radical (unpaired) electrons. The molecule has 1 aromatic carbocycles. The smallest absolute Gasteiger partial charge is 0.222 e. The van der Waals surface area contributed by atoms with Gasteiger partial charge in [0.25, 0.3) is 0 Å². The molecular formula is C17H23Cl2N3O2. The Labute approximate surface area is 152 Å². The van der Waals surface area contributed by atoms with Crippen LogP contribution in [-0.2, 0) is 4.79 Å². The third-order valence-electron chi connectivity index (χ3n) is 3.22. The summed E-state index contributed by atoms with van der Waals surface area (Å²) in [5, 5.41) is 15.8. The number of H-pyrrole nitrogens is 1. The number of halogens is 2. The number of benzene rings is 1. The minimum atomic E-state index is 0.129. The van der Waals surface area contributed by atoms with Crippen LogP contribution in [0.15, 0.2) is 36.7 Å². The molecule has 0 atom stereocenters. The van der Waals surface area contributed by atoms with Crippen LogP contribution in [0, 0.1) is 0 Å². The zero-order valence-corrected chi connectivity index (χ0v) is 15.2. The Bertz CT molecular complexity index is 572. The summed E-state index contributed by atoms with van der Waals surface area (Å²) in [6.07, 6.45) is 7.62. The van der Waals surface area contributed by atoms with E-state index in [-0.39, 0.29) is 5.75 Å². The van der Waals surface area contributed by atoms with E-state index in [0.29, 0.717) is 16.0 Å². The number of carbonyl (C=O) groups is 1. The fourth-order valence-electron chi connectivity index (χ4n) is 2.07. The van der Waals surface area contributed by atoms with Crippen molar-refractivity contribution < 1.29 is 9.90 Å². The minimum absolute atomic E-state index is 0.129. The van der Waals surface area contributed by atoms with Gasteiger partial charge in [0.2, 0.25) is 5.91 Å². The summed E-state index contributed by atoms with van der Waals surface area (Å²) in [6, 6.07) is 6.25. The predicted octanol–water partition coefficient (Wildman–Crippen LogP) is 4.52. The van der Waals surface area contributed by atoms with Crippen LogP contribution in [0.25, 0.3) is 0 Å². The maximum Gasteiger partial charge on any atom is 0.222 e. The second kappa shape index (κ2) is 11.8. The summed E-state index contributed by atoms with van der Waals surface area (Å²) in [5.74, 6) is 0.484. The van der Waals surface area contributed by atoms with Crippen LogP contribution < -0.4 is 0 Å². The number of aromatic amines is 1. The van der Waals surface area contributed by atoms with E-state index in [4.69, 9.17) is 28.3 Å². The third kappa shape index (κ3) is 8.22. The largest absolute Gasteiger partial charge is 0.508 e. The van der Waals surface area contributed by atoms with Crippen LogP contribution in [0.2, 0.25) is 10.0 Å². The monoisotopic (exact) mass is 371 g/mol. The molecule has 1 aromatic heterocycles. The van der Waals surface area contributed by atoms with Gasteiger partial charge in [0.15, 0.2) is 0 Å². The quantitative estimate of drug-likeness (QED) is 0.815. The first-order valence-electron chi connectivity index (χ1n) is 7.90. The van der Waals surface area contributed by atoms with Gasteiger partial charge in [0, 0.05) is 31.9 Å². The van der Waals surface area contributed by atoms with Crippen molar-refractivity contribution in [2.24, 2.45) is 0 Å². The zero-order valence-electron chi connectivity index (χ0n) is 13.7. The van der Waals surface area contributed by atoms with Crippen molar-refractivity contribution in [2.75, 3.05) is 13.1 Å². The molecule has 2 heterocycles. The predicted molar refractivity (Wildman–Crippen MR) is 97.4 cm³/mol. The van der Waals surface area contributed by atoms with Gasteiger partial charge in [-0.3, -0.25) is 9.89 Å². The van der Waals surface area contributed by atoms with Crippen molar-refractivity contribution >= 4 is 29.1 Å². The molecule has 1 aliphatic heterocycles. The molecule has 1 fully saturated rings. The molecule has 0 saturated carbocycles. The maximum absolute atomic E-state index is 11.1. The Morgan fingerprint density at radius 2 is 2.08 bits per heavy atom. The van der Waals surface area contributed by atoms with Gasteiger partial charge >= 0.3 is 0 Å². The molecule has 7 heteroatoms. The Balaban J connectivity index is 0.000000189. The summed E-state index contributed by atoms with van der Waals surface area (Å²) in [5.41, 5.74) is 0. The molecule has 0 bridgehead atoms. The average Bonchev–Trinajstić information content (AvgIpc) is 3.14. The van der Waals surface area contributed by atoms with Crippen LogP contribution in [0.4, 0.5) is 0 Å². The van der Waals surface area contributed by atoms with E-state index in [1.807, 2.05) is 11.0 Å². The van der Waals surface area contributed by atoms with E-state index in [9.17, 15) is 4.79 Å². The van der Waals surface area contributed by atoms with Gasteiger partial charge in [-0.15, -0.1) is 0 Å². The van der Waals surface area contributed by atoms with E-state index < -0.39 is 0 Å². The molecule has 1 amide bonds. The highest BCUT2D eigenvalue weighted by atomic mass is 35.5. The highest BCUT2D eigenvalue weighted by Gasteiger charge is 2.15. The van der Waals surface area contributed by atoms with Crippen LogP contribution in [0.3, 0.4) is 0 Å². The molecule has 24 heavy (non-hydrogen) atoms. The number of amides is 1. The topological polar surface area (TPSA) is 69.2 Å². The molecular weight excluding hydrogens is 349 g/mol. The molecule has 132 valence electrons. The van der Waals surface area contributed by atoms with Gasteiger partial charge in [-0.25, -0.2) is 0 Å². The molecule has 1 saturated heterocycles. The lowest BCUT2D eigenvalue weighted by atomic mass is 10.1. The first kappa shape index (κ1) is 20.3. The lowest BCUT2D eigenvalue weighted by Crippen LogP contribution is -2.35. The Hall–Kier alpha value is -1.72. The van der Waals surface area contributed by atoms with Gasteiger partial charge < -0.3 is 10.0 Å². The molecule has 2 N–H and O–H groups in total. The van der Waals surface area contributed by atoms with E-state index >= 15 is 0 Å². The van der Waals surface area contributed by atoms with Gasteiger partial charge in [-0.1, -0.05) is 30.1 Å². The second-order valence-electron chi connectivity index (χ2n) is 5.20. The number of aromatic hydroxyl groups is 1. The number of hydrogen-bond acceptors (Lipinski definition) is 3. The lowest BCUT2D eigenvalue weighted by molar-refractivity contribution is -0.133. The van der Waals surface area contributed by atoms with Crippen molar-refractivity contribution in [1.29, 1.82) is 0 Å². The number of carbonyl (C=O) groups excluding carboxylic acids is 1. The van der Waals surface area contributed by atoms with Crippen molar-refractivity contribution in [3.05, 3.63) is 46.7 Å². The highest BCUT2D eigenvalue weighted by molar-refractivity contribution is 6.42. The number of aromatic nitrogens is 2. The van der Waals surface area contributed by atoms with Gasteiger partial charge in [-0.05, 0) is 43.5 Å². The number of nitrogens with one attached hydrogen (secondary N) is 1. The summed E-state index contributed by atoms with van der Waals surface area (Å²) in [4.78, 5) is 13.1. The van der Waals surface area contributed by atoms with Gasteiger partial charge in [-0.2, -0.15) is 5.10 Å². The van der Waals surface area contributed by atoms with Crippen molar-refractivity contribution in [2.45, 2.75) is 32.6 Å².